The van der Waals surface area contributed by atoms with Crippen molar-refractivity contribution in [2.24, 2.45) is 0 Å². The Kier molecular flexibility index (Phi) is 5.84. The average molecular weight is 439 g/mol. The highest BCUT2D eigenvalue weighted by molar-refractivity contribution is 14.1. The van der Waals surface area contributed by atoms with Gasteiger partial charge in [0.15, 0.2) is 0 Å². The zero-order chi connectivity index (χ0) is 16.9. The highest BCUT2D eigenvalue weighted by Crippen LogP contribution is 2.31. The van der Waals surface area contributed by atoms with Gasteiger partial charge in [-0.3, -0.25) is 0 Å². The molecule has 1 aliphatic heterocycles. The summed E-state index contributed by atoms with van der Waals surface area (Å²) in [6.07, 6.45) is 1.90. The Morgan fingerprint density at radius 2 is 1.96 bits per heavy atom. The summed E-state index contributed by atoms with van der Waals surface area (Å²) in [5.74, 6) is 2.87. The van der Waals surface area contributed by atoms with Crippen molar-refractivity contribution in [2.75, 3.05) is 27.4 Å². The van der Waals surface area contributed by atoms with Crippen LogP contribution < -0.4 is 19.5 Å². The van der Waals surface area contributed by atoms with Gasteiger partial charge in [-0.1, -0.05) is 18.2 Å². The van der Waals surface area contributed by atoms with Crippen LogP contribution in [0, 0.1) is 3.57 Å². The molecule has 2 aromatic carbocycles. The van der Waals surface area contributed by atoms with Gasteiger partial charge in [0, 0.05) is 18.5 Å². The first kappa shape index (κ1) is 17.4. The highest BCUT2D eigenvalue weighted by atomic mass is 127. The van der Waals surface area contributed by atoms with Crippen molar-refractivity contribution in [2.45, 2.75) is 19.4 Å². The van der Waals surface area contributed by atoms with Gasteiger partial charge >= 0.3 is 0 Å². The Morgan fingerprint density at radius 3 is 2.75 bits per heavy atom. The molecule has 4 nitrogen and oxygen atoms in total. The molecule has 1 aliphatic rings. The number of ether oxygens (including phenoxy) is 3. The van der Waals surface area contributed by atoms with E-state index in [4.69, 9.17) is 14.2 Å². The molecule has 0 atom stereocenters. The molecular formula is C19H22INO3. The number of methoxy groups -OCH3 is 2. The zero-order valence-electron chi connectivity index (χ0n) is 14.0. The second kappa shape index (κ2) is 8.07. The van der Waals surface area contributed by atoms with Gasteiger partial charge in [0.1, 0.15) is 17.2 Å². The summed E-state index contributed by atoms with van der Waals surface area (Å²) in [6, 6.07) is 10.5. The number of nitrogens with one attached hydrogen (secondary N) is 1. The second-order valence-electron chi connectivity index (χ2n) is 5.73. The van der Waals surface area contributed by atoms with Crippen LogP contribution in [-0.2, 0) is 19.4 Å². The molecule has 0 aromatic heterocycles. The fraction of sp³-hybridized carbons (Fsp3) is 0.368. The van der Waals surface area contributed by atoms with E-state index in [1.165, 1.54) is 11.1 Å². The number of rotatable bonds is 7. The van der Waals surface area contributed by atoms with Crippen molar-refractivity contribution >= 4 is 22.6 Å². The molecule has 0 amide bonds. The Labute approximate surface area is 156 Å². The standard InChI is InChI=1S/C19H22INO3/c1-22-17-11-16(20)18(23-2)10-14(17)6-8-21-12-15-5-3-4-13-7-9-24-19(13)15/h3-5,10-11,21H,6-9,12H2,1-2H3. The van der Waals surface area contributed by atoms with Crippen molar-refractivity contribution < 1.29 is 14.2 Å². The van der Waals surface area contributed by atoms with Crippen LogP contribution in [0.1, 0.15) is 16.7 Å². The summed E-state index contributed by atoms with van der Waals surface area (Å²) < 4.78 is 17.7. The van der Waals surface area contributed by atoms with Crippen LogP contribution in [0.2, 0.25) is 0 Å². The van der Waals surface area contributed by atoms with Crippen molar-refractivity contribution in [1.29, 1.82) is 0 Å². The van der Waals surface area contributed by atoms with Crippen molar-refractivity contribution in [3.63, 3.8) is 0 Å². The van der Waals surface area contributed by atoms with Gasteiger partial charge in [0.05, 0.1) is 24.4 Å². The molecule has 0 unspecified atom stereocenters. The Morgan fingerprint density at radius 1 is 1.12 bits per heavy atom. The number of fused-ring (bicyclic) bond motifs is 1. The van der Waals surface area contributed by atoms with Crippen LogP contribution in [0.25, 0.3) is 0 Å². The van der Waals surface area contributed by atoms with E-state index in [2.05, 4.69) is 52.2 Å². The van der Waals surface area contributed by atoms with E-state index in [0.717, 1.165) is 58.9 Å². The van der Waals surface area contributed by atoms with E-state index >= 15 is 0 Å². The van der Waals surface area contributed by atoms with Crippen LogP contribution in [0.5, 0.6) is 17.2 Å². The molecule has 1 N–H and O–H groups in total. The minimum absolute atomic E-state index is 0.798. The van der Waals surface area contributed by atoms with Crippen LogP contribution in [0.15, 0.2) is 30.3 Å². The topological polar surface area (TPSA) is 39.7 Å². The molecule has 0 bridgehead atoms. The minimum atomic E-state index is 0.798. The monoisotopic (exact) mass is 439 g/mol. The molecular weight excluding hydrogens is 417 g/mol. The SMILES string of the molecule is COc1cc(CCNCc2cccc3c2OCC3)c(OC)cc1I. The molecule has 5 heteroatoms. The van der Waals surface area contributed by atoms with Crippen LogP contribution in [0.4, 0.5) is 0 Å². The summed E-state index contributed by atoms with van der Waals surface area (Å²) >= 11 is 2.26. The molecule has 0 spiro atoms. The van der Waals surface area contributed by atoms with Crippen molar-refractivity contribution in [3.8, 4) is 17.2 Å². The highest BCUT2D eigenvalue weighted by Gasteiger charge is 2.15. The quantitative estimate of drug-likeness (QED) is 0.529. The fourth-order valence-corrected chi connectivity index (χ4v) is 3.65. The van der Waals surface area contributed by atoms with E-state index < -0.39 is 0 Å². The predicted octanol–water partition coefficient (Wildman–Crippen LogP) is 3.58. The van der Waals surface area contributed by atoms with Crippen LogP contribution >= 0.6 is 22.6 Å². The summed E-state index contributed by atoms with van der Waals surface area (Å²) in [6.45, 7) is 2.47. The second-order valence-corrected chi connectivity index (χ2v) is 6.89. The Bertz CT molecular complexity index is 718. The maximum atomic E-state index is 5.75. The fourth-order valence-electron chi connectivity index (χ4n) is 2.99. The van der Waals surface area contributed by atoms with Gasteiger partial charge in [0.2, 0.25) is 0 Å². The summed E-state index contributed by atoms with van der Waals surface area (Å²) in [5, 5.41) is 3.51. The molecule has 0 radical (unpaired) electrons. The first-order valence-corrected chi connectivity index (χ1v) is 9.15. The summed E-state index contributed by atoms with van der Waals surface area (Å²) in [7, 11) is 3.40. The first-order chi connectivity index (χ1) is 11.7. The Hall–Kier alpha value is -1.47. The maximum Gasteiger partial charge on any atom is 0.132 e. The van der Waals surface area contributed by atoms with Gasteiger partial charge < -0.3 is 19.5 Å². The molecule has 0 saturated heterocycles. The largest absolute Gasteiger partial charge is 0.496 e. The normalized spacial score (nSPS) is 12.6. The lowest BCUT2D eigenvalue weighted by Gasteiger charge is -2.13. The first-order valence-electron chi connectivity index (χ1n) is 8.07. The molecule has 0 saturated carbocycles. The van der Waals surface area contributed by atoms with Crippen molar-refractivity contribution in [3.05, 3.63) is 50.6 Å². The number of halogens is 1. The Balaban J connectivity index is 1.60. The third-order valence-corrected chi connectivity index (χ3v) is 5.08. The van der Waals surface area contributed by atoms with E-state index in [9.17, 15) is 0 Å². The van der Waals surface area contributed by atoms with Crippen LogP contribution in [-0.4, -0.2) is 27.4 Å². The lowest BCUT2D eigenvalue weighted by atomic mass is 10.1. The van der Waals surface area contributed by atoms with Gasteiger partial charge in [-0.25, -0.2) is 0 Å². The predicted molar refractivity (Wildman–Crippen MR) is 103 cm³/mol. The number of hydrogen-bond donors (Lipinski definition) is 1. The number of benzene rings is 2. The number of para-hydroxylation sites is 1. The van der Waals surface area contributed by atoms with E-state index in [-0.39, 0.29) is 0 Å². The zero-order valence-corrected chi connectivity index (χ0v) is 16.2. The van der Waals surface area contributed by atoms with Gasteiger partial charge in [-0.05, 0) is 58.8 Å². The lowest BCUT2D eigenvalue weighted by Crippen LogP contribution is -2.17. The van der Waals surface area contributed by atoms with Gasteiger partial charge in [-0.15, -0.1) is 0 Å². The smallest absolute Gasteiger partial charge is 0.132 e. The summed E-state index contributed by atoms with van der Waals surface area (Å²) in [4.78, 5) is 0. The van der Waals surface area contributed by atoms with Gasteiger partial charge in [-0.2, -0.15) is 0 Å². The summed E-state index contributed by atoms with van der Waals surface area (Å²) in [5.41, 5.74) is 3.70. The third kappa shape index (κ3) is 3.78. The minimum Gasteiger partial charge on any atom is -0.496 e. The molecule has 2 aromatic rings. The lowest BCUT2D eigenvalue weighted by molar-refractivity contribution is 0.352. The molecule has 3 rings (SSSR count). The van der Waals surface area contributed by atoms with E-state index in [1.54, 1.807) is 14.2 Å². The number of hydrogen-bond acceptors (Lipinski definition) is 4. The molecule has 128 valence electrons. The van der Waals surface area contributed by atoms with Crippen molar-refractivity contribution in [1.82, 2.24) is 5.32 Å². The van der Waals surface area contributed by atoms with Crippen LogP contribution in [0.3, 0.4) is 0 Å². The molecule has 24 heavy (non-hydrogen) atoms. The van der Waals surface area contributed by atoms with E-state index in [0.29, 0.717) is 0 Å². The molecule has 1 heterocycles. The van der Waals surface area contributed by atoms with Gasteiger partial charge in [0.25, 0.3) is 0 Å². The molecule has 0 aliphatic carbocycles. The van der Waals surface area contributed by atoms with E-state index in [1.807, 2.05) is 6.07 Å². The molecule has 0 fully saturated rings. The maximum absolute atomic E-state index is 5.75. The third-order valence-electron chi connectivity index (χ3n) is 4.24. The average Bonchev–Trinajstić information content (AvgIpc) is 3.08.